The summed E-state index contributed by atoms with van der Waals surface area (Å²) in [6.45, 7) is 0.481. The molecule has 0 radical (unpaired) electrons. The molecule has 2 aromatic carbocycles. The van der Waals surface area contributed by atoms with E-state index in [4.69, 9.17) is 11.6 Å². The Morgan fingerprint density at radius 2 is 1.93 bits per heavy atom. The van der Waals surface area contributed by atoms with Gasteiger partial charge in [0.05, 0.1) is 22.2 Å². The average molecular weight is 463 g/mol. The van der Waals surface area contributed by atoms with Crippen LogP contribution in [0.15, 0.2) is 64.3 Å². The Kier molecular flexibility index (Phi) is 6.17. The predicted molar refractivity (Wildman–Crippen MR) is 109 cm³/mol. The van der Waals surface area contributed by atoms with Crippen LogP contribution in [0.2, 0.25) is 5.02 Å². The lowest BCUT2D eigenvalue weighted by Gasteiger charge is -2.01. The Balaban J connectivity index is 1.63. The fraction of sp³-hybridized carbons (Fsp3) is 0.0556. The maximum absolute atomic E-state index is 12.3. The predicted octanol–water partition coefficient (Wildman–Crippen LogP) is 4.02. The lowest BCUT2D eigenvalue weighted by molar-refractivity contribution is -0.384. The van der Waals surface area contributed by atoms with E-state index in [0.29, 0.717) is 21.6 Å². The van der Waals surface area contributed by atoms with Gasteiger partial charge < -0.3 is 0 Å². The van der Waals surface area contributed by atoms with Crippen LogP contribution in [-0.2, 0) is 6.54 Å². The first kappa shape index (κ1) is 19.7. The fourth-order valence-corrected chi connectivity index (χ4v) is 2.93. The topological polar surface area (TPSA) is 102 Å². The van der Waals surface area contributed by atoms with E-state index in [2.05, 4.69) is 31.6 Å². The minimum absolute atomic E-state index is 0.0173. The number of nitro groups is 1. The van der Waals surface area contributed by atoms with Gasteiger partial charge in [0.1, 0.15) is 0 Å². The zero-order valence-electron chi connectivity index (χ0n) is 14.3. The SMILES string of the molecule is O=C(N/N=C/c1ccc([N+](=O)[O-])cc1)c1nn(Cc2ccc(Cl)cc2)cc1Br. The van der Waals surface area contributed by atoms with Gasteiger partial charge in [-0.1, -0.05) is 23.7 Å². The summed E-state index contributed by atoms with van der Waals surface area (Å²) >= 11 is 9.19. The van der Waals surface area contributed by atoms with Gasteiger partial charge in [0.25, 0.3) is 11.6 Å². The third kappa shape index (κ3) is 5.02. The Labute approximate surface area is 173 Å². The molecule has 0 fully saturated rings. The van der Waals surface area contributed by atoms with Gasteiger partial charge in [-0.05, 0) is 51.3 Å². The number of carbonyl (C=O) groups excluding carboxylic acids is 1. The summed E-state index contributed by atoms with van der Waals surface area (Å²) in [4.78, 5) is 22.4. The summed E-state index contributed by atoms with van der Waals surface area (Å²) in [6.07, 6.45) is 3.09. The van der Waals surface area contributed by atoms with E-state index < -0.39 is 10.8 Å². The molecule has 0 aliphatic rings. The molecule has 8 nitrogen and oxygen atoms in total. The van der Waals surface area contributed by atoms with Crippen LogP contribution in [-0.4, -0.2) is 26.8 Å². The standard InChI is InChI=1S/C18H13BrClN5O3/c19-16-11-24(10-13-1-5-14(20)6-2-13)23-17(16)18(26)22-21-9-12-3-7-15(8-4-12)25(27)28/h1-9,11H,10H2,(H,22,26)/b21-9+. The normalized spacial score (nSPS) is 10.9. The van der Waals surface area contributed by atoms with Gasteiger partial charge in [-0.2, -0.15) is 10.2 Å². The van der Waals surface area contributed by atoms with E-state index in [1.54, 1.807) is 23.0 Å². The van der Waals surface area contributed by atoms with Gasteiger partial charge >= 0.3 is 0 Å². The molecule has 1 amide bonds. The number of benzene rings is 2. The molecule has 0 saturated carbocycles. The smallest absolute Gasteiger partial charge is 0.266 e. The van der Waals surface area contributed by atoms with Gasteiger partial charge in [-0.15, -0.1) is 0 Å². The van der Waals surface area contributed by atoms with Crippen LogP contribution < -0.4 is 5.43 Å². The monoisotopic (exact) mass is 461 g/mol. The van der Waals surface area contributed by atoms with E-state index >= 15 is 0 Å². The summed E-state index contributed by atoms with van der Waals surface area (Å²) in [5.74, 6) is -0.486. The molecule has 0 aliphatic heterocycles. The van der Waals surface area contributed by atoms with Crippen molar-refractivity contribution >= 4 is 45.3 Å². The Morgan fingerprint density at radius 3 is 2.57 bits per heavy atom. The molecule has 1 heterocycles. The summed E-state index contributed by atoms with van der Waals surface area (Å²) in [5, 5.41) is 19.4. The molecule has 0 bridgehead atoms. The minimum Gasteiger partial charge on any atom is -0.266 e. The molecule has 3 aromatic rings. The largest absolute Gasteiger partial charge is 0.293 e. The van der Waals surface area contributed by atoms with E-state index in [1.807, 2.05) is 12.1 Å². The number of hydrogen-bond acceptors (Lipinski definition) is 5. The first-order valence-corrected chi connectivity index (χ1v) is 9.15. The number of halogens is 2. The number of non-ortho nitro benzene ring substituents is 1. The van der Waals surface area contributed by atoms with Crippen molar-refractivity contribution in [3.05, 3.63) is 91.2 Å². The van der Waals surface area contributed by atoms with E-state index in [1.165, 1.54) is 30.5 Å². The van der Waals surface area contributed by atoms with Gasteiger partial charge in [-0.3, -0.25) is 19.6 Å². The number of carbonyl (C=O) groups is 1. The molecule has 3 rings (SSSR count). The second-order valence-corrected chi connectivity index (χ2v) is 6.99. The highest BCUT2D eigenvalue weighted by Crippen LogP contribution is 2.17. The molecule has 0 unspecified atom stereocenters. The van der Waals surface area contributed by atoms with Crippen molar-refractivity contribution < 1.29 is 9.72 Å². The lowest BCUT2D eigenvalue weighted by Crippen LogP contribution is -2.19. The van der Waals surface area contributed by atoms with Crippen LogP contribution in [0.25, 0.3) is 0 Å². The lowest BCUT2D eigenvalue weighted by atomic mass is 10.2. The van der Waals surface area contributed by atoms with Crippen molar-refractivity contribution in [2.75, 3.05) is 0 Å². The third-order valence-electron chi connectivity index (χ3n) is 3.67. The molecule has 142 valence electrons. The zero-order valence-corrected chi connectivity index (χ0v) is 16.6. The van der Waals surface area contributed by atoms with Crippen molar-refractivity contribution in [3.63, 3.8) is 0 Å². The second-order valence-electron chi connectivity index (χ2n) is 5.70. The Morgan fingerprint density at radius 1 is 1.25 bits per heavy atom. The van der Waals surface area contributed by atoms with Crippen LogP contribution in [0, 0.1) is 10.1 Å². The number of nitrogens with one attached hydrogen (secondary N) is 1. The number of hydrazone groups is 1. The number of aromatic nitrogens is 2. The summed E-state index contributed by atoms with van der Waals surface area (Å²) < 4.78 is 2.16. The third-order valence-corrected chi connectivity index (χ3v) is 4.51. The molecule has 0 saturated heterocycles. The molecular weight excluding hydrogens is 450 g/mol. The van der Waals surface area contributed by atoms with Gasteiger partial charge in [0.15, 0.2) is 5.69 Å². The highest BCUT2D eigenvalue weighted by molar-refractivity contribution is 9.10. The highest BCUT2D eigenvalue weighted by Gasteiger charge is 2.15. The van der Waals surface area contributed by atoms with Crippen molar-refractivity contribution in [1.82, 2.24) is 15.2 Å². The number of hydrogen-bond donors (Lipinski definition) is 1. The van der Waals surface area contributed by atoms with Crippen LogP contribution in [0.1, 0.15) is 21.6 Å². The number of rotatable bonds is 6. The molecule has 0 spiro atoms. The van der Waals surface area contributed by atoms with Crippen molar-refractivity contribution in [2.24, 2.45) is 5.10 Å². The van der Waals surface area contributed by atoms with Crippen LogP contribution in [0.5, 0.6) is 0 Å². The number of amides is 1. The molecule has 1 N–H and O–H groups in total. The summed E-state index contributed by atoms with van der Waals surface area (Å²) in [5.41, 5.74) is 4.15. The molecule has 28 heavy (non-hydrogen) atoms. The first-order valence-electron chi connectivity index (χ1n) is 7.97. The van der Waals surface area contributed by atoms with Gasteiger partial charge in [-0.25, -0.2) is 5.43 Å². The van der Waals surface area contributed by atoms with Crippen molar-refractivity contribution in [3.8, 4) is 0 Å². The summed E-state index contributed by atoms with van der Waals surface area (Å²) in [7, 11) is 0. The van der Waals surface area contributed by atoms with E-state index in [-0.39, 0.29) is 11.4 Å². The maximum Gasteiger partial charge on any atom is 0.293 e. The molecule has 0 aliphatic carbocycles. The highest BCUT2D eigenvalue weighted by atomic mass is 79.9. The van der Waals surface area contributed by atoms with E-state index in [0.717, 1.165) is 5.56 Å². The molecular formula is C18H13BrClN5O3. The fourth-order valence-electron chi connectivity index (χ4n) is 2.31. The zero-order chi connectivity index (χ0) is 20.1. The van der Waals surface area contributed by atoms with E-state index in [9.17, 15) is 14.9 Å². The quantitative estimate of drug-likeness (QED) is 0.339. The van der Waals surface area contributed by atoms with Crippen LogP contribution >= 0.6 is 27.5 Å². The Hall–Kier alpha value is -3.04. The van der Waals surface area contributed by atoms with Gasteiger partial charge in [0.2, 0.25) is 0 Å². The second kappa shape index (κ2) is 8.77. The maximum atomic E-state index is 12.3. The first-order chi connectivity index (χ1) is 13.4. The van der Waals surface area contributed by atoms with Crippen molar-refractivity contribution in [1.29, 1.82) is 0 Å². The molecule has 0 atom stereocenters. The number of nitro benzene ring substituents is 1. The van der Waals surface area contributed by atoms with Crippen molar-refractivity contribution in [2.45, 2.75) is 6.54 Å². The van der Waals surface area contributed by atoms with Crippen LogP contribution in [0.4, 0.5) is 5.69 Å². The Bertz CT molecular complexity index is 1030. The van der Waals surface area contributed by atoms with Gasteiger partial charge in [0, 0.05) is 23.4 Å². The molecule has 1 aromatic heterocycles. The van der Waals surface area contributed by atoms with Crippen LogP contribution in [0.3, 0.4) is 0 Å². The summed E-state index contributed by atoms with van der Waals surface area (Å²) in [6, 6.07) is 13.1. The number of nitrogens with zero attached hydrogens (tertiary/aromatic N) is 4. The average Bonchev–Trinajstić information content (AvgIpc) is 3.04. The molecule has 10 heteroatoms. The minimum atomic E-state index is -0.486.